The Kier molecular flexibility index (Phi) is 17.1. The fourth-order valence-electron chi connectivity index (χ4n) is 5.93. The van der Waals surface area contributed by atoms with Crippen LogP contribution in [0.1, 0.15) is 0 Å². The van der Waals surface area contributed by atoms with Gasteiger partial charge >= 0.3 is 0 Å². The molecular formula is C44H44NP3Ru. The molecule has 0 saturated heterocycles. The summed E-state index contributed by atoms with van der Waals surface area (Å²) in [6.45, 7) is 3.28. The summed E-state index contributed by atoms with van der Waals surface area (Å²) in [5, 5.41) is 8.81. The summed E-state index contributed by atoms with van der Waals surface area (Å²) >= 11 is 0. The molecule has 0 aliphatic heterocycles. The average molecular weight is 781 g/mol. The van der Waals surface area contributed by atoms with Crippen molar-refractivity contribution in [2.24, 2.45) is 0 Å². The van der Waals surface area contributed by atoms with Crippen molar-refractivity contribution in [2.45, 2.75) is 0 Å². The van der Waals surface area contributed by atoms with Crippen molar-refractivity contribution >= 4 is 55.6 Å². The van der Waals surface area contributed by atoms with Gasteiger partial charge in [-0.3, -0.25) is 0 Å². The third-order valence-electron chi connectivity index (χ3n) is 8.33. The predicted molar refractivity (Wildman–Crippen MR) is 218 cm³/mol. The SMILES string of the molecule is C#C.[Ru].c1ccc(P(CCN(CCP(c2ccccc2)c2ccccc2)CCP(c2ccccc2)c2ccccc2)c2ccccc2)cc1. The second kappa shape index (κ2) is 21.8. The molecule has 0 spiro atoms. The molecular weight excluding hydrogens is 736 g/mol. The van der Waals surface area contributed by atoms with Crippen LogP contribution in [0.25, 0.3) is 0 Å². The van der Waals surface area contributed by atoms with Gasteiger partial charge < -0.3 is 4.90 Å². The summed E-state index contributed by atoms with van der Waals surface area (Å²) in [5.41, 5.74) is 0. The minimum absolute atomic E-state index is 0. The van der Waals surface area contributed by atoms with Crippen LogP contribution in [0.15, 0.2) is 182 Å². The van der Waals surface area contributed by atoms with Crippen molar-refractivity contribution in [3.8, 4) is 12.8 Å². The van der Waals surface area contributed by atoms with Crippen molar-refractivity contribution in [3.63, 3.8) is 0 Å². The summed E-state index contributed by atoms with van der Waals surface area (Å²) in [5.74, 6) is 0. The van der Waals surface area contributed by atoms with Crippen molar-refractivity contribution in [1.82, 2.24) is 4.90 Å². The smallest absolute Gasteiger partial charge is 0.00270 e. The first-order valence-corrected chi connectivity index (χ1v) is 21.1. The van der Waals surface area contributed by atoms with Gasteiger partial charge in [-0.15, -0.1) is 12.8 Å². The summed E-state index contributed by atoms with van der Waals surface area (Å²) < 4.78 is 0. The minimum atomic E-state index is -0.442. The summed E-state index contributed by atoms with van der Waals surface area (Å²) in [7, 11) is -1.33. The first-order chi connectivity index (χ1) is 23.8. The van der Waals surface area contributed by atoms with E-state index in [2.05, 4.69) is 200 Å². The van der Waals surface area contributed by atoms with E-state index in [0.29, 0.717) is 0 Å². The number of rotatable bonds is 15. The van der Waals surface area contributed by atoms with Gasteiger partial charge in [0.25, 0.3) is 0 Å². The Balaban J connectivity index is 0.00000177. The molecule has 0 heterocycles. The first-order valence-electron chi connectivity index (χ1n) is 16.5. The summed E-state index contributed by atoms with van der Waals surface area (Å²) in [4.78, 5) is 2.80. The molecule has 49 heavy (non-hydrogen) atoms. The number of nitrogens with zero attached hydrogens (tertiary/aromatic N) is 1. The van der Waals surface area contributed by atoms with Gasteiger partial charge in [-0.1, -0.05) is 182 Å². The molecule has 0 fully saturated rings. The second-order valence-corrected chi connectivity index (χ2v) is 18.3. The summed E-state index contributed by atoms with van der Waals surface area (Å²) in [6, 6.07) is 67.2. The van der Waals surface area contributed by atoms with Gasteiger partial charge in [0.05, 0.1) is 0 Å². The van der Waals surface area contributed by atoms with Crippen LogP contribution in [0.4, 0.5) is 0 Å². The Morgan fingerprint density at radius 3 is 0.633 bits per heavy atom. The maximum Gasteiger partial charge on any atom is 0.00270 e. The maximum atomic E-state index is 4.00. The largest absolute Gasteiger partial charge is 0.302 e. The Hall–Kier alpha value is -3.25. The van der Waals surface area contributed by atoms with E-state index in [1.165, 1.54) is 31.8 Å². The van der Waals surface area contributed by atoms with E-state index in [4.69, 9.17) is 0 Å². The van der Waals surface area contributed by atoms with Gasteiger partial charge in [0.2, 0.25) is 0 Å². The Bertz CT molecular complexity index is 1410. The molecule has 1 nitrogen and oxygen atoms in total. The van der Waals surface area contributed by atoms with E-state index in [-0.39, 0.29) is 19.5 Å². The first kappa shape index (κ1) is 38.6. The topological polar surface area (TPSA) is 3.24 Å². The van der Waals surface area contributed by atoms with Gasteiger partial charge in [-0.05, 0) is 74.1 Å². The molecule has 0 aromatic heterocycles. The fraction of sp³-hybridized carbons (Fsp3) is 0.136. The molecule has 0 atom stereocenters. The number of hydrogen-bond donors (Lipinski definition) is 0. The van der Waals surface area contributed by atoms with Gasteiger partial charge in [0.15, 0.2) is 0 Å². The van der Waals surface area contributed by atoms with Crippen LogP contribution in [0, 0.1) is 12.8 Å². The van der Waals surface area contributed by atoms with E-state index in [1.54, 1.807) is 0 Å². The second-order valence-electron chi connectivity index (χ2n) is 11.3. The minimum Gasteiger partial charge on any atom is -0.302 e. The third kappa shape index (κ3) is 11.7. The molecule has 0 N–H and O–H groups in total. The Morgan fingerprint density at radius 1 is 0.306 bits per heavy atom. The molecule has 6 aromatic carbocycles. The Morgan fingerprint density at radius 2 is 0.469 bits per heavy atom. The van der Waals surface area contributed by atoms with E-state index in [9.17, 15) is 0 Å². The maximum absolute atomic E-state index is 4.00. The molecule has 6 rings (SSSR count). The monoisotopic (exact) mass is 781 g/mol. The molecule has 0 radical (unpaired) electrons. The normalized spacial score (nSPS) is 10.8. The number of benzene rings is 6. The summed E-state index contributed by atoms with van der Waals surface area (Å²) in [6.07, 6.45) is 11.5. The van der Waals surface area contributed by atoms with E-state index >= 15 is 0 Å². The van der Waals surface area contributed by atoms with Crippen molar-refractivity contribution in [1.29, 1.82) is 0 Å². The van der Waals surface area contributed by atoms with Crippen LogP contribution in [0.2, 0.25) is 0 Å². The van der Waals surface area contributed by atoms with Crippen LogP contribution in [0.5, 0.6) is 0 Å². The van der Waals surface area contributed by atoms with Gasteiger partial charge in [-0.25, -0.2) is 0 Å². The van der Waals surface area contributed by atoms with Crippen LogP contribution in [0.3, 0.4) is 0 Å². The molecule has 248 valence electrons. The van der Waals surface area contributed by atoms with Crippen molar-refractivity contribution in [2.75, 3.05) is 38.1 Å². The predicted octanol–water partition coefficient (Wildman–Crippen LogP) is 7.93. The molecule has 0 amide bonds. The van der Waals surface area contributed by atoms with Gasteiger partial charge in [0, 0.05) is 39.1 Å². The number of terminal acetylenes is 1. The number of hydrogen-bond acceptors (Lipinski definition) is 1. The van der Waals surface area contributed by atoms with E-state index < -0.39 is 23.8 Å². The molecule has 0 aliphatic carbocycles. The van der Waals surface area contributed by atoms with Crippen molar-refractivity contribution < 1.29 is 19.5 Å². The zero-order valence-corrected chi connectivity index (χ0v) is 32.3. The quantitative estimate of drug-likeness (QED) is 0.0582. The van der Waals surface area contributed by atoms with E-state index in [1.807, 2.05) is 0 Å². The molecule has 0 saturated carbocycles. The molecule has 0 aliphatic rings. The van der Waals surface area contributed by atoms with Gasteiger partial charge in [0.1, 0.15) is 0 Å². The average Bonchev–Trinajstić information content (AvgIpc) is 3.18. The van der Waals surface area contributed by atoms with Crippen molar-refractivity contribution in [3.05, 3.63) is 182 Å². The third-order valence-corrected chi connectivity index (χ3v) is 15.8. The fourth-order valence-corrected chi connectivity index (χ4v) is 13.0. The molecule has 5 heteroatoms. The van der Waals surface area contributed by atoms with E-state index in [0.717, 1.165) is 38.1 Å². The van der Waals surface area contributed by atoms with Gasteiger partial charge in [-0.2, -0.15) is 0 Å². The Labute approximate surface area is 311 Å². The molecule has 0 unspecified atom stereocenters. The van der Waals surface area contributed by atoms with Crippen LogP contribution in [-0.4, -0.2) is 43.0 Å². The molecule has 6 aromatic rings. The molecule has 0 bridgehead atoms. The zero-order valence-electron chi connectivity index (χ0n) is 27.9. The van der Waals surface area contributed by atoms with Crippen LogP contribution < -0.4 is 31.8 Å². The van der Waals surface area contributed by atoms with Crippen LogP contribution >= 0.6 is 23.8 Å². The van der Waals surface area contributed by atoms with Crippen LogP contribution in [-0.2, 0) is 19.5 Å². The standard InChI is InChI=1S/C42H42NP3.C2H2.Ru/c1-7-19-37(20-8-1)44(38-21-9-2-10-22-38)34-31-43(32-35-45(39-23-11-3-12-24-39)40-25-13-4-14-26-40)33-36-46(41-27-15-5-16-28-41)42-29-17-6-18-30-42;1-2;/h1-30H,31-36H2;1-2H;. The zero-order chi connectivity index (χ0) is 33.2.